The first-order chi connectivity index (χ1) is 7.58. The van der Waals surface area contributed by atoms with Gasteiger partial charge in [0.2, 0.25) is 11.8 Å². The van der Waals surface area contributed by atoms with Gasteiger partial charge >= 0.3 is 0 Å². The lowest BCUT2D eigenvalue weighted by Gasteiger charge is -2.04. The van der Waals surface area contributed by atoms with Gasteiger partial charge in [0.05, 0.1) is 22.7 Å². The Morgan fingerprint density at radius 1 is 1.44 bits per heavy atom. The fraction of sp³-hybridized carbons (Fsp3) is 0.222. The van der Waals surface area contributed by atoms with Gasteiger partial charge in [-0.05, 0) is 12.1 Å². The summed E-state index contributed by atoms with van der Waals surface area (Å²) in [6.07, 6.45) is 1.52. The number of anilines is 1. The van der Waals surface area contributed by atoms with E-state index in [1.54, 1.807) is 12.1 Å². The molecule has 2 amide bonds. The van der Waals surface area contributed by atoms with Crippen LogP contribution in [-0.2, 0) is 9.59 Å². The van der Waals surface area contributed by atoms with Crippen LogP contribution in [0.2, 0.25) is 0 Å². The van der Waals surface area contributed by atoms with Crippen LogP contribution in [0.15, 0.2) is 23.4 Å². The highest BCUT2D eigenvalue weighted by Gasteiger charge is 2.03. The van der Waals surface area contributed by atoms with E-state index in [1.807, 2.05) is 0 Å². The fourth-order valence-electron chi connectivity index (χ4n) is 0.810. The minimum atomic E-state index is -0.316. The van der Waals surface area contributed by atoms with Crippen LogP contribution in [0, 0.1) is 0 Å². The molecule has 0 saturated heterocycles. The van der Waals surface area contributed by atoms with Crippen LogP contribution in [0.1, 0.15) is 6.92 Å². The second-order valence-electron chi connectivity index (χ2n) is 2.95. The number of pyridine rings is 1. The molecule has 1 aromatic rings. The number of carbonyl (C=O) groups excluding carboxylic acids is 2. The third-order valence-corrected chi connectivity index (χ3v) is 2.43. The van der Waals surface area contributed by atoms with Crippen molar-refractivity contribution in [3.8, 4) is 0 Å². The maximum atomic E-state index is 11.2. The van der Waals surface area contributed by atoms with E-state index in [9.17, 15) is 9.59 Å². The summed E-state index contributed by atoms with van der Waals surface area (Å²) in [6.45, 7) is 1.31. The molecule has 0 aliphatic heterocycles. The number of rotatable bonds is 3. The molecular weight excluding hydrogens is 228 g/mol. The largest absolute Gasteiger partial charge is 0.397 e. The van der Waals surface area contributed by atoms with Gasteiger partial charge in [-0.25, -0.2) is 4.98 Å². The Morgan fingerprint density at radius 3 is 2.75 bits per heavy atom. The van der Waals surface area contributed by atoms with E-state index in [2.05, 4.69) is 15.8 Å². The average Bonchev–Trinajstić information content (AvgIpc) is 2.25. The normalized spacial score (nSPS) is 9.56. The van der Waals surface area contributed by atoms with Crippen LogP contribution >= 0.6 is 11.8 Å². The zero-order chi connectivity index (χ0) is 12.0. The molecule has 0 radical (unpaired) electrons. The summed E-state index contributed by atoms with van der Waals surface area (Å²) < 4.78 is 0. The van der Waals surface area contributed by atoms with Crippen molar-refractivity contribution in [1.29, 1.82) is 0 Å². The number of amides is 2. The van der Waals surface area contributed by atoms with Gasteiger partial charge in [0.25, 0.3) is 0 Å². The third-order valence-electron chi connectivity index (χ3n) is 1.49. The molecule has 0 aromatic carbocycles. The second kappa shape index (κ2) is 5.96. The lowest BCUT2D eigenvalue weighted by molar-refractivity contribution is -0.126. The molecule has 6 nitrogen and oxygen atoms in total. The highest BCUT2D eigenvalue weighted by molar-refractivity contribution is 7.99. The average molecular weight is 240 g/mol. The van der Waals surface area contributed by atoms with E-state index in [0.717, 1.165) is 0 Å². The van der Waals surface area contributed by atoms with Crippen LogP contribution < -0.4 is 16.6 Å². The van der Waals surface area contributed by atoms with Gasteiger partial charge in [-0.3, -0.25) is 20.4 Å². The number of hydrazine groups is 1. The fourth-order valence-corrected chi connectivity index (χ4v) is 1.45. The Labute approximate surface area is 97.0 Å². The van der Waals surface area contributed by atoms with Crippen molar-refractivity contribution in [3.05, 3.63) is 18.3 Å². The van der Waals surface area contributed by atoms with E-state index in [4.69, 9.17) is 5.73 Å². The first-order valence-corrected chi connectivity index (χ1v) is 5.46. The molecule has 0 bridgehead atoms. The first kappa shape index (κ1) is 12.3. The van der Waals surface area contributed by atoms with Crippen molar-refractivity contribution in [1.82, 2.24) is 15.8 Å². The monoisotopic (exact) mass is 240 g/mol. The van der Waals surface area contributed by atoms with Gasteiger partial charge in [-0.2, -0.15) is 0 Å². The van der Waals surface area contributed by atoms with Crippen LogP contribution in [-0.4, -0.2) is 22.6 Å². The number of hydrogen-bond donors (Lipinski definition) is 3. The van der Waals surface area contributed by atoms with Crippen LogP contribution in [0.3, 0.4) is 0 Å². The molecule has 1 rings (SSSR count). The lowest BCUT2D eigenvalue weighted by Crippen LogP contribution is -2.41. The summed E-state index contributed by atoms with van der Waals surface area (Å²) >= 11 is 1.26. The van der Waals surface area contributed by atoms with Crippen molar-refractivity contribution in [3.63, 3.8) is 0 Å². The van der Waals surface area contributed by atoms with Gasteiger partial charge in [0, 0.05) is 6.92 Å². The second-order valence-corrected chi connectivity index (χ2v) is 3.94. The third kappa shape index (κ3) is 4.65. The van der Waals surface area contributed by atoms with Gasteiger partial charge in [-0.1, -0.05) is 11.8 Å². The number of nitrogens with two attached hydrogens (primary N) is 1. The molecule has 7 heteroatoms. The van der Waals surface area contributed by atoms with E-state index in [1.165, 1.54) is 24.9 Å². The molecule has 0 unspecified atom stereocenters. The highest BCUT2D eigenvalue weighted by Crippen LogP contribution is 2.15. The Bertz CT molecular complexity index is 380. The topological polar surface area (TPSA) is 97.1 Å². The number of hydrogen-bond acceptors (Lipinski definition) is 5. The molecule has 0 aliphatic carbocycles. The van der Waals surface area contributed by atoms with Gasteiger partial charge in [0.15, 0.2) is 0 Å². The molecule has 0 atom stereocenters. The lowest BCUT2D eigenvalue weighted by atomic mass is 10.4. The van der Waals surface area contributed by atoms with Crippen molar-refractivity contribution >= 4 is 29.3 Å². The molecule has 16 heavy (non-hydrogen) atoms. The number of carbonyl (C=O) groups is 2. The van der Waals surface area contributed by atoms with Crippen LogP contribution in [0.4, 0.5) is 5.69 Å². The van der Waals surface area contributed by atoms with Crippen molar-refractivity contribution in [2.45, 2.75) is 11.9 Å². The van der Waals surface area contributed by atoms with Gasteiger partial charge in [0.1, 0.15) is 0 Å². The first-order valence-electron chi connectivity index (χ1n) is 4.47. The number of nitrogens with zero attached hydrogens (tertiary/aromatic N) is 1. The molecule has 1 aromatic heterocycles. The summed E-state index contributed by atoms with van der Waals surface area (Å²) in [5.41, 5.74) is 10.5. The highest BCUT2D eigenvalue weighted by atomic mass is 32.2. The predicted octanol–water partition coefficient (Wildman–Crippen LogP) is -0.0768. The summed E-state index contributed by atoms with van der Waals surface area (Å²) in [4.78, 5) is 25.7. The summed E-state index contributed by atoms with van der Waals surface area (Å²) in [5, 5.41) is 0.701. The smallest absolute Gasteiger partial charge is 0.248 e. The zero-order valence-electron chi connectivity index (χ0n) is 8.69. The Morgan fingerprint density at radius 2 is 2.19 bits per heavy atom. The van der Waals surface area contributed by atoms with E-state index in [0.29, 0.717) is 10.7 Å². The molecular formula is C9H12N4O2S. The van der Waals surface area contributed by atoms with Crippen molar-refractivity contribution < 1.29 is 9.59 Å². The predicted molar refractivity (Wildman–Crippen MR) is 61.3 cm³/mol. The van der Waals surface area contributed by atoms with Crippen molar-refractivity contribution in [2.75, 3.05) is 11.5 Å². The SMILES string of the molecule is CC(=O)NNC(=O)CSc1ccc(N)cn1. The molecule has 0 fully saturated rings. The summed E-state index contributed by atoms with van der Waals surface area (Å²) in [5.74, 6) is -0.431. The Hall–Kier alpha value is -1.76. The zero-order valence-corrected chi connectivity index (χ0v) is 9.50. The summed E-state index contributed by atoms with van der Waals surface area (Å²) in [7, 11) is 0. The van der Waals surface area contributed by atoms with Gasteiger partial charge < -0.3 is 5.73 Å². The molecule has 0 spiro atoms. The molecule has 4 N–H and O–H groups in total. The van der Waals surface area contributed by atoms with E-state index < -0.39 is 0 Å². The summed E-state index contributed by atoms with van der Waals surface area (Å²) in [6, 6.07) is 3.44. The maximum absolute atomic E-state index is 11.2. The van der Waals surface area contributed by atoms with Gasteiger partial charge in [-0.15, -0.1) is 0 Å². The molecule has 0 saturated carbocycles. The minimum Gasteiger partial charge on any atom is -0.397 e. The van der Waals surface area contributed by atoms with E-state index in [-0.39, 0.29) is 17.6 Å². The number of nitrogens with one attached hydrogen (secondary N) is 2. The van der Waals surface area contributed by atoms with Crippen molar-refractivity contribution in [2.24, 2.45) is 0 Å². The molecule has 86 valence electrons. The molecule has 0 aliphatic rings. The quantitative estimate of drug-likeness (QED) is 0.507. The molecule has 1 heterocycles. The number of thioether (sulfide) groups is 1. The maximum Gasteiger partial charge on any atom is 0.248 e. The Kier molecular flexibility index (Phi) is 4.59. The minimum absolute atomic E-state index is 0.178. The number of aromatic nitrogens is 1. The van der Waals surface area contributed by atoms with Crippen LogP contribution in [0.5, 0.6) is 0 Å². The number of nitrogen functional groups attached to an aromatic ring is 1. The standard InChI is InChI=1S/C9H12N4O2S/c1-6(14)12-13-8(15)5-16-9-3-2-7(10)4-11-9/h2-4H,5,10H2,1H3,(H,12,14)(H,13,15). The Balaban J connectivity index is 2.31. The van der Waals surface area contributed by atoms with Crippen LogP contribution in [0.25, 0.3) is 0 Å². The van der Waals surface area contributed by atoms with E-state index >= 15 is 0 Å².